The zero-order valence-electron chi connectivity index (χ0n) is 21.7. The Balaban J connectivity index is 1.32. The lowest BCUT2D eigenvalue weighted by Gasteiger charge is -2.11. The van der Waals surface area contributed by atoms with Gasteiger partial charge in [-0.2, -0.15) is 9.78 Å². The summed E-state index contributed by atoms with van der Waals surface area (Å²) < 4.78 is 9.89. The Morgan fingerprint density at radius 1 is 1.03 bits per heavy atom. The monoisotopic (exact) mass is 583 g/mol. The van der Waals surface area contributed by atoms with Gasteiger partial charge in [-0.3, -0.25) is 9.59 Å². The van der Waals surface area contributed by atoms with Gasteiger partial charge in [0.25, 0.3) is 11.5 Å². The molecule has 0 bridgehead atoms. The average Bonchev–Trinajstić information content (AvgIpc) is 3.21. The molecule has 0 aliphatic carbocycles. The van der Waals surface area contributed by atoms with Crippen LogP contribution in [0.1, 0.15) is 22.8 Å². The van der Waals surface area contributed by atoms with Crippen LogP contribution in [-0.4, -0.2) is 33.0 Å². The van der Waals surface area contributed by atoms with E-state index >= 15 is 0 Å². The molecule has 0 aliphatic heterocycles. The molecule has 0 atom stereocenters. The number of halogens is 1. The third-order valence-corrected chi connectivity index (χ3v) is 6.77. The maximum atomic E-state index is 13.1. The van der Waals surface area contributed by atoms with Crippen LogP contribution >= 0.6 is 15.9 Å². The number of anilines is 1. The fourth-order valence-electron chi connectivity index (χ4n) is 4.39. The van der Waals surface area contributed by atoms with E-state index in [4.69, 9.17) is 4.74 Å². The first-order valence-corrected chi connectivity index (χ1v) is 13.1. The number of hydrogen-bond donors (Lipinski definition) is 1. The SMILES string of the molecule is Cc1cc(C=Nn2c(C)nc3ccc(Br)cc3c2=O)c(C)n1-c1ccc(OCC(=O)Nc2ccccc2)cc1. The highest BCUT2D eigenvalue weighted by Crippen LogP contribution is 2.22. The summed E-state index contributed by atoms with van der Waals surface area (Å²) in [5.41, 5.74) is 4.93. The van der Waals surface area contributed by atoms with Crippen molar-refractivity contribution < 1.29 is 9.53 Å². The quantitative estimate of drug-likeness (QED) is 0.246. The highest BCUT2D eigenvalue weighted by molar-refractivity contribution is 9.10. The van der Waals surface area contributed by atoms with E-state index in [0.29, 0.717) is 22.5 Å². The van der Waals surface area contributed by atoms with Crippen molar-refractivity contribution in [1.29, 1.82) is 0 Å². The van der Waals surface area contributed by atoms with Crippen LogP contribution in [0.25, 0.3) is 16.6 Å². The number of rotatable bonds is 7. The molecule has 0 radical (unpaired) electrons. The lowest BCUT2D eigenvalue weighted by atomic mass is 10.2. The zero-order chi connectivity index (χ0) is 27.5. The van der Waals surface area contributed by atoms with Crippen LogP contribution < -0.4 is 15.6 Å². The summed E-state index contributed by atoms with van der Waals surface area (Å²) in [7, 11) is 0. The number of amides is 1. The molecule has 2 aromatic heterocycles. The van der Waals surface area contributed by atoms with Crippen LogP contribution in [0, 0.1) is 20.8 Å². The third kappa shape index (κ3) is 5.68. The van der Waals surface area contributed by atoms with Crippen molar-refractivity contribution in [3.63, 3.8) is 0 Å². The van der Waals surface area contributed by atoms with Crippen molar-refractivity contribution in [3.8, 4) is 11.4 Å². The number of para-hydroxylation sites is 1. The van der Waals surface area contributed by atoms with Gasteiger partial charge in [-0.25, -0.2) is 4.98 Å². The minimum atomic E-state index is -0.227. The number of ether oxygens (including phenoxy) is 1. The summed E-state index contributed by atoms with van der Waals surface area (Å²) in [6.45, 7) is 5.68. The predicted molar refractivity (Wildman–Crippen MR) is 157 cm³/mol. The number of carbonyl (C=O) groups is 1. The molecule has 9 heteroatoms. The lowest BCUT2D eigenvalue weighted by Crippen LogP contribution is -2.20. The molecule has 0 fully saturated rings. The van der Waals surface area contributed by atoms with Gasteiger partial charge in [0, 0.05) is 32.8 Å². The molecule has 5 aromatic rings. The summed E-state index contributed by atoms with van der Waals surface area (Å²) in [6.07, 6.45) is 1.68. The highest BCUT2D eigenvalue weighted by atomic mass is 79.9. The molecule has 5 rings (SSSR count). The van der Waals surface area contributed by atoms with E-state index in [9.17, 15) is 9.59 Å². The van der Waals surface area contributed by atoms with E-state index in [-0.39, 0.29) is 18.1 Å². The molecule has 196 valence electrons. The summed E-state index contributed by atoms with van der Waals surface area (Å²) in [5.74, 6) is 0.874. The first-order chi connectivity index (χ1) is 18.8. The van der Waals surface area contributed by atoms with Crippen molar-refractivity contribution in [3.05, 3.63) is 116 Å². The molecule has 0 saturated carbocycles. The topological polar surface area (TPSA) is 90.5 Å². The molecule has 1 amide bonds. The Labute approximate surface area is 233 Å². The number of hydrogen-bond acceptors (Lipinski definition) is 5. The number of fused-ring (bicyclic) bond motifs is 1. The van der Waals surface area contributed by atoms with Crippen molar-refractivity contribution in [2.24, 2.45) is 5.10 Å². The van der Waals surface area contributed by atoms with Gasteiger partial charge < -0.3 is 14.6 Å². The highest BCUT2D eigenvalue weighted by Gasteiger charge is 2.12. The number of aromatic nitrogens is 3. The van der Waals surface area contributed by atoms with E-state index < -0.39 is 0 Å². The van der Waals surface area contributed by atoms with Crippen molar-refractivity contribution in [1.82, 2.24) is 14.2 Å². The van der Waals surface area contributed by atoms with E-state index in [1.165, 1.54) is 4.68 Å². The van der Waals surface area contributed by atoms with Crippen LogP contribution in [-0.2, 0) is 4.79 Å². The minimum absolute atomic E-state index is 0.0875. The molecule has 0 saturated heterocycles. The molecule has 3 aromatic carbocycles. The first kappa shape index (κ1) is 26.1. The lowest BCUT2D eigenvalue weighted by molar-refractivity contribution is -0.118. The zero-order valence-corrected chi connectivity index (χ0v) is 23.3. The summed E-state index contributed by atoms with van der Waals surface area (Å²) in [6, 6.07) is 24.2. The van der Waals surface area contributed by atoms with Gasteiger partial charge in [0.2, 0.25) is 0 Å². The standard InChI is InChI=1S/C30H26BrN5O3/c1-19-15-22(17-32-36-21(3)33-28-14-9-23(31)16-27(28)30(36)38)20(2)35(19)25-10-12-26(13-11-25)39-18-29(37)34-24-7-5-4-6-8-24/h4-17H,18H2,1-3H3,(H,34,37). The molecule has 0 spiro atoms. The smallest absolute Gasteiger partial charge is 0.282 e. The molecule has 8 nitrogen and oxygen atoms in total. The molecule has 0 aliphatic rings. The second-order valence-electron chi connectivity index (χ2n) is 9.04. The molecule has 2 heterocycles. The maximum Gasteiger partial charge on any atom is 0.282 e. The average molecular weight is 584 g/mol. The summed E-state index contributed by atoms with van der Waals surface area (Å²) in [5, 5.41) is 7.78. The van der Waals surface area contributed by atoms with E-state index in [0.717, 1.165) is 32.8 Å². The second-order valence-corrected chi connectivity index (χ2v) is 9.96. The normalized spacial score (nSPS) is 11.3. The molecule has 1 N–H and O–H groups in total. The Hall–Kier alpha value is -4.50. The van der Waals surface area contributed by atoms with Gasteiger partial charge in [0.05, 0.1) is 17.1 Å². The van der Waals surface area contributed by atoms with Crippen molar-refractivity contribution in [2.45, 2.75) is 20.8 Å². The van der Waals surface area contributed by atoms with Crippen LogP contribution in [0.3, 0.4) is 0 Å². The van der Waals surface area contributed by atoms with E-state index in [1.54, 1.807) is 19.2 Å². The Kier molecular flexibility index (Phi) is 7.42. The van der Waals surface area contributed by atoms with Gasteiger partial charge in [-0.05, 0) is 81.4 Å². The van der Waals surface area contributed by atoms with Crippen LogP contribution in [0.15, 0.2) is 93.2 Å². The molecular formula is C30H26BrN5O3. The van der Waals surface area contributed by atoms with Crippen LogP contribution in [0.2, 0.25) is 0 Å². The number of nitrogens with one attached hydrogen (secondary N) is 1. The van der Waals surface area contributed by atoms with Crippen molar-refractivity contribution >= 4 is 44.6 Å². The van der Waals surface area contributed by atoms with Gasteiger partial charge in [0.1, 0.15) is 11.6 Å². The molecular weight excluding hydrogens is 558 g/mol. The number of nitrogens with zero attached hydrogens (tertiary/aromatic N) is 4. The number of carbonyl (C=O) groups excluding carboxylic acids is 1. The Morgan fingerprint density at radius 3 is 2.51 bits per heavy atom. The first-order valence-electron chi connectivity index (χ1n) is 12.3. The van der Waals surface area contributed by atoms with Gasteiger partial charge in [0.15, 0.2) is 6.61 Å². The van der Waals surface area contributed by atoms with Crippen molar-refractivity contribution in [2.75, 3.05) is 11.9 Å². The van der Waals surface area contributed by atoms with Gasteiger partial charge in [-0.15, -0.1) is 0 Å². The Morgan fingerprint density at radius 2 is 1.77 bits per heavy atom. The van der Waals surface area contributed by atoms with E-state index in [2.05, 4.69) is 35.9 Å². The van der Waals surface area contributed by atoms with E-state index in [1.807, 2.05) is 86.6 Å². The van der Waals surface area contributed by atoms with Gasteiger partial charge >= 0.3 is 0 Å². The molecule has 0 unspecified atom stereocenters. The van der Waals surface area contributed by atoms with Crippen LogP contribution in [0.4, 0.5) is 5.69 Å². The fraction of sp³-hybridized carbons (Fsp3) is 0.133. The minimum Gasteiger partial charge on any atom is -0.484 e. The second kappa shape index (κ2) is 11.1. The van der Waals surface area contributed by atoms with Crippen LogP contribution in [0.5, 0.6) is 5.75 Å². The van der Waals surface area contributed by atoms with Gasteiger partial charge in [-0.1, -0.05) is 34.1 Å². The number of aryl methyl sites for hydroxylation is 2. The molecule has 39 heavy (non-hydrogen) atoms. The maximum absolute atomic E-state index is 13.1. The predicted octanol–water partition coefficient (Wildman–Crippen LogP) is 5.77. The largest absolute Gasteiger partial charge is 0.484 e. The third-order valence-electron chi connectivity index (χ3n) is 6.28. The summed E-state index contributed by atoms with van der Waals surface area (Å²) >= 11 is 3.42. The Bertz CT molecular complexity index is 1760. The fourth-order valence-corrected chi connectivity index (χ4v) is 4.75. The number of benzene rings is 3. The summed E-state index contributed by atoms with van der Waals surface area (Å²) in [4.78, 5) is 29.8.